The molecule has 0 bridgehead atoms. The first-order chi connectivity index (χ1) is 16.0. The summed E-state index contributed by atoms with van der Waals surface area (Å²) < 4.78 is 32.1. The fourth-order valence-corrected chi connectivity index (χ4v) is 4.95. The number of pyridine rings is 1. The molecule has 0 radical (unpaired) electrons. The maximum Gasteiger partial charge on any atom is 0.257 e. The molecule has 1 aromatic heterocycles. The molecule has 1 aliphatic heterocycles. The van der Waals surface area contributed by atoms with Gasteiger partial charge in [-0.2, -0.15) is 0 Å². The number of methoxy groups -OCH3 is 1. The number of nitrogens with one attached hydrogen (secondary N) is 1. The summed E-state index contributed by atoms with van der Waals surface area (Å²) in [5, 5.41) is 0. The highest BCUT2D eigenvalue weighted by Crippen LogP contribution is 2.41. The molecular formula is C25H22N2O5S. The van der Waals surface area contributed by atoms with Crippen molar-refractivity contribution in [2.24, 2.45) is 0 Å². The molecule has 0 saturated carbocycles. The highest BCUT2D eigenvalue weighted by molar-refractivity contribution is 7.93. The van der Waals surface area contributed by atoms with Crippen molar-refractivity contribution in [3.05, 3.63) is 83.2 Å². The molecule has 2 heterocycles. The molecule has 0 saturated heterocycles. The molecule has 3 aromatic rings. The summed E-state index contributed by atoms with van der Waals surface area (Å²) in [5.41, 5.74) is 3.73. The van der Waals surface area contributed by atoms with Crippen LogP contribution in [0.1, 0.15) is 34.9 Å². The molecule has 1 amide bonds. The highest BCUT2D eigenvalue weighted by Gasteiger charge is 2.28. The van der Waals surface area contributed by atoms with E-state index in [2.05, 4.69) is 15.8 Å². The summed E-state index contributed by atoms with van der Waals surface area (Å²) in [7, 11) is 0.0914. The van der Waals surface area contributed by atoms with Crippen LogP contribution in [0.15, 0.2) is 60.8 Å². The van der Waals surface area contributed by atoms with Gasteiger partial charge >= 0.3 is 0 Å². The van der Waals surface area contributed by atoms with Crippen LogP contribution in [-0.2, 0) is 22.2 Å². The van der Waals surface area contributed by atoms with Gasteiger partial charge in [0.15, 0.2) is 16.7 Å². The number of carbonyl (C=O) groups excluding carboxylic acids is 1. The second-order valence-electron chi connectivity index (χ2n) is 7.80. The monoisotopic (exact) mass is 462 g/mol. The van der Waals surface area contributed by atoms with Crippen molar-refractivity contribution in [3.8, 4) is 23.0 Å². The van der Waals surface area contributed by atoms with Gasteiger partial charge in [-0.05, 0) is 49.1 Å². The summed E-state index contributed by atoms with van der Waals surface area (Å²) in [5.74, 6) is 2.46. The number of fused-ring (bicyclic) bond motifs is 1. The summed E-state index contributed by atoms with van der Waals surface area (Å²) in [6.07, 6.45) is 4.61. The average molecular weight is 463 g/mol. The number of hydrogen-bond acceptors (Lipinski definition) is 6. The number of nitrogens with zero attached hydrogens (tertiary/aromatic N) is 1. The van der Waals surface area contributed by atoms with Gasteiger partial charge in [0.05, 0.1) is 23.9 Å². The predicted octanol–water partition coefficient (Wildman–Crippen LogP) is 4.39. The summed E-state index contributed by atoms with van der Waals surface area (Å²) >= 11 is 0. The molecule has 1 N–H and O–H groups in total. The van der Waals surface area contributed by atoms with Gasteiger partial charge in [-0.15, -0.1) is 0 Å². The molecule has 2 atom stereocenters. The van der Waals surface area contributed by atoms with E-state index in [1.807, 2.05) is 49.4 Å². The van der Waals surface area contributed by atoms with Crippen molar-refractivity contribution in [2.45, 2.75) is 25.9 Å². The average Bonchev–Trinajstić information content (AvgIpc) is 3.38. The third-order valence-electron chi connectivity index (χ3n) is 5.72. The van der Waals surface area contributed by atoms with E-state index in [0.717, 1.165) is 41.0 Å². The summed E-state index contributed by atoms with van der Waals surface area (Å²) in [6.45, 7) is 1.90. The van der Waals surface area contributed by atoms with Gasteiger partial charge in [0.1, 0.15) is 23.4 Å². The zero-order valence-corrected chi connectivity index (χ0v) is 19.0. The molecule has 168 valence electrons. The fraction of sp³-hybridized carbons (Fsp3) is 0.200. The van der Waals surface area contributed by atoms with Crippen molar-refractivity contribution in [2.75, 3.05) is 7.11 Å². The summed E-state index contributed by atoms with van der Waals surface area (Å²) in [4.78, 5) is 16.2. The Morgan fingerprint density at radius 1 is 1.09 bits per heavy atom. The van der Waals surface area contributed by atoms with Crippen LogP contribution in [0.2, 0.25) is 0 Å². The second-order valence-corrected chi connectivity index (χ2v) is 8.98. The number of carbonyl (C=O) groups is 1. The third-order valence-corrected chi connectivity index (χ3v) is 6.86. The van der Waals surface area contributed by atoms with E-state index < -0.39 is 11.0 Å². The van der Waals surface area contributed by atoms with Crippen molar-refractivity contribution >= 4 is 21.8 Å². The van der Waals surface area contributed by atoms with Gasteiger partial charge in [0, 0.05) is 17.7 Å². The Hall–Kier alpha value is -3.65. The quantitative estimate of drug-likeness (QED) is 0.585. The minimum absolute atomic E-state index is 0.0954. The van der Waals surface area contributed by atoms with Crippen LogP contribution in [0, 0.1) is 6.92 Å². The lowest BCUT2D eigenvalue weighted by Crippen LogP contribution is -2.16. The van der Waals surface area contributed by atoms with Crippen LogP contribution in [0.4, 0.5) is 0 Å². The number of aryl methyl sites for hydroxylation is 1. The molecule has 1 aliphatic carbocycles. The SMILES string of the molecule is COc1cnc(C)c(Oc2cccc3c2CC[C@H]3Oc2ccc(C3=CC(=O)NS3=O)cc2)c1. The van der Waals surface area contributed by atoms with Gasteiger partial charge in [-0.3, -0.25) is 14.5 Å². The van der Waals surface area contributed by atoms with E-state index in [1.165, 1.54) is 6.08 Å². The van der Waals surface area contributed by atoms with Crippen LogP contribution in [0.5, 0.6) is 23.0 Å². The van der Waals surface area contributed by atoms with Crippen LogP contribution < -0.4 is 18.9 Å². The fourth-order valence-electron chi connectivity index (χ4n) is 4.03. The molecule has 8 heteroatoms. The molecule has 2 aliphatic rings. The van der Waals surface area contributed by atoms with E-state index in [0.29, 0.717) is 22.2 Å². The standard InChI is InChI=1S/C25H22N2O5S/c1-15-23(12-18(30-2)14-26-15)32-21-5-3-4-19-20(21)10-11-22(19)31-17-8-6-16(7-9-17)24-13-25(28)27-33(24)29/h3-9,12-14,22H,10-11H2,1-2H3,(H,27,28)/t22-,33?/m1/s1. The minimum Gasteiger partial charge on any atom is -0.495 e. The number of ether oxygens (including phenoxy) is 3. The first kappa shape index (κ1) is 21.2. The lowest BCUT2D eigenvalue weighted by Gasteiger charge is -2.16. The van der Waals surface area contributed by atoms with Crippen LogP contribution in [0.3, 0.4) is 0 Å². The molecule has 7 nitrogen and oxygen atoms in total. The van der Waals surface area contributed by atoms with Crippen LogP contribution >= 0.6 is 0 Å². The Morgan fingerprint density at radius 2 is 1.91 bits per heavy atom. The first-order valence-electron chi connectivity index (χ1n) is 10.5. The predicted molar refractivity (Wildman–Crippen MR) is 124 cm³/mol. The zero-order valence-electron chi connectivity index (χ0n) is 18.2. The number of amides is 1. The van der Waals surface area contributed by atoms with E-state index in [9.17, 15) is 9.00 Å². The smallest absolute Gasteiger partial charge is 0.257 e. The van der Waals surface area contributed by atoms with Crippen molar-refractivity contribution in [1.82, 2.24) is 9.71 Å². The Labute approximate surface area is 194 Å². The number of hydrogen-bond donors (Lipinski definition) is 1. The lowest BCUT2D eigenvalue weighted by atomic mass is 10.1. The van der Waals surface area contributed by atoms with Crippen LogP contribution in [0.25, 0.3) is 4.91 Å². The molecule has 0 fully saturated rings. The molecule has 33 heavy (non-hydrogen) atoms. The van der Waals surface area contributed by atoms with Gasteiger partial charge in [-0.1, -0.05) is 24.3 Å². The molecule has 0 spiro atoms. The molecule has 2 aromatic carbocycles. The largest absolute Gasteiger partial charge is 0.495 e. The zero-order chi connectivity index (χ0) is 22.9. The van der Waals surface area contributed by atoms with E-state index >= 15 is 0 Å². The van der Waals surface area contributed by atoms with Crippen molar-refractivity contribution in [1.29, 1.82) is 0 Å². The minimum atomic E-state index is -1.51. The number of benzene rings is 2. The van der Waals surface area contributed by atoms with Gasteiger partial charge < -0.3 is 14.2 Å². The van der Waals surface area contributed by atoms with Gasteiger partial charge in [-0.25, -0.2) is 4.21 Å². The first-order valence-corrected chi connectivity index (χ1v) is 11.7. The highest BCUT2D eigenvalue weighted by atomic mass is 32.2. The number of rotatable bonds is 6. The Bertz CT molecular complexity index is 1290. The Morgan fingerprint density at radius 3 is 2.64 bits per heavy atom. The summed E-state index contributed by atoms with van der Waals surface area (Å²) in [6, 6.07) is 15.1. The third kappa shape index (κ3) is 4.21. The van der Waals surface area contributed by atoms with E-state index in [-0.39, 0.29) is 12.0 Å². The molecule has 1 unspecified atom stereocenters. The van der Waals surface area contributed by atoms with Crippen molar-refractivity contribution in [3.63, 3.8) is 0 Å². The van der Waals surface area contributed by atoms with Gasteiger partial charge in [0.2, 0.25) is 0 Å². The van der Waals surface area contributed by atoms with Crippen LogP contribution in [-0.4, -0.2) is 22.2 Å². The Balaban J connectivity index is 1.34. The van der Waals surface area contributed by atoms with Gasteiger partial charge in [0.25, 0.3) is 5.91 Å². The Kier molecular flexibility index (Phi) is 5.60. The normalized spacial score (nSPS) is 19.0. The molecular weight excluding hydrogens is 440 g/mol. The topological polar surface area (TPSA) is 86.8 Å². The number of aromatic nitrogens is 1. The molecule has 5 rings (SSSR count). The van der Waals surface area contributed by atoms with E-state index in [4.69, 9.17) is 14.2 Å². The van der Waals surface area contributed by atoms with E-state index in [1.54, 1.807) is 13.3 Å². The second kappa shape index (κ2) is 8.71. The van der Waals surface area contributed by atoms with Crippen molar-refractivity contribution < 1.29 is 23.2 Å². The maximum atomic E-state index is 12.0. The lowest BCUT2D eigenvalue weighted by molar-refractivity contribution is -0.114. The maximum absolute atomic E-state index is 12.0.